The van der Waals surface area contributed by atoms with Crippen molar-refractivity contribution in [3.63, 3.8) is 0 Å². The van der Waals surface area contributed by atoms with Gasteiger partial charge < -0.3 is 34.1 Å². The van der Waals surface area contributed by atoms with Crippen molar-refractivity contribution in [1.29, 1.82) is 0 Å². The Kier molecular flexibility index (Phi) is 10.6. The molecule has 9 heteroatoms. The molecular weight excluding hydrogens is 511 g/mol. The second-order valence-electron chi connectivity index (χ2n) is 7.93. The molecule has 1 N–H and O–H groups in total. The minimum Gasteiger partial charge on any atom is -0.493 e. The van der Waals surface area contributed by atoms with Crippen LogP contribution in [0, 0.1) is 0 Å². The number of morpholine rings is 1. The van der Waals surface area contributed by atoms with Crippen LogP contribution in [0.4, 0.5) is 0 Å². The number of benzene rings is 1. The zero-order chi connectivity index (χ0) is 21.5. The highest BCUT2D eigenvalue weighted by atomic mass is 127. The summed E-state index contributed by atoms with van der Waals surface area (Å²) < 4.78 is 22.7. The van der Waals surface area contributed by atoms with E-state index in [1.807, 2.05) is 19.2 Å². The first kappa shape index (κ1) is 26.0. The standard InChI is InChI=1S/C22H36N4O4.HI/c1-23-22(26-10-12-30-21(15-26)19-7-6-11-29-19)24-14-17(25(2)3)16-8-9-18(27-4)20(13-16)28-5;/h8-9,13,17,19,21H,6-7,10-12,14-15H2,1-5H3,(H,23,24);1H. The smallest absolute Gasteiger partial charge is 0.193 e. The van der Waals surface area contributed by atoms with E-state index in [1.165, 1.54) is 0 Å². The monoisotopic (exact) mass is 548 g/mol. The molecule has 0 radical (unpaired) electrons. The third-order valence-electron chi connectivity index (χ3n) is 5.85. The minimum absolute atomic E-state index is 0. The average Bonchev–Trinajstić information content (AvgIpc) is 3.31. The topological polar surface area (TPSA) is 67.8 Å². The quantitative estimate of drug-likeness (QED) is 0.319. The van der Waals surface area contributed by atoms with Crippen molar-refractivity contribution in [3.8, 4) is 11.5 Å². The van der Waals surface area contributed by atoms with Crippen molar-refractivity contribution >= 4 is 29.9 Å². The summed E-state index contributed by atoms with van der Waals surface area (Å²) in [5.74, 6) is 2.36. The summed E-state index contributed by atoms with van der Waals surface area (Å²) in [7, 11) is 9.30. The molecule has 3 unspecified atom stereocenters. The van der Waals surface area contributed by atoms with Crippen LogP contribution in [0.25, 0.3) is 0 Å². The fraction of sp³-hybridized carbons (Fsp3) is 0.682. The first-order valence-corrected chi connectivity index (χ1v) is 10.6. The Labute approximate surface area is 203 Å². The van der Waals surface area contributed by atoms with Crippen LogP contribution < -0.4 is 14.8 Å². The van der Waals surface area contributed by atoms with Crippen LogP contribution >= 0.6 is 24.0 Å². The zero-order valence-electron chi connectivity index (χ0n) is 19.3. The lowest BCUT2D eigenvalue weighted by Gasteiger charge is -2.37. The number of hydrogen-bond donors (Lipinski definition) is 1. The number of aliphatic imine (C=N–C) groups is 1. The van der Waals surface area contributed by atoms with Gasteiger partial charge in [-0.15, -0.1) is 24.0 Å². The van der Waals surface area contributed by atoms with Gasteiger partial charge in [-0.25, -0.2) is 0 Å². The number of ether oxygens (including phenoxy) is 4. The maximum Gasteiger partial charge on any atom is 0.193 e. The summed E-state index contributed by atoms with van der Waals surface area (Å²) in [4.78, 5) is 9.00. The third kappa shape index (κ3) is 6.59. The van der Waals surface area contributed by atoms with Crippen LogP contribution in [0.2, 0.25) is 0 Å². The number of likely N-dealkylation sites (N-methyl/N-ethyl adjacent to an activating group) is 1. The van der Waals surface area contributed by atoms with Gasteiger partial charge in [-0.2, -0.15) is 0 Å². The molecule has 2 saturated heterocycles. The van der Waals surface area contributed by atoms with Gasteiger partial charge in [-0.3, -0.25) is 4.99 Å². The number of nitrogens with zero attached hydrogens (tertiary/aromatic N) is 3. The maximum absolute atomic E-state index is 5.98. The molecule has 2 heterocycles. The molecule has 2 fully saturated rings. The lowest BCUT2D eigenvalue weighted by molar-refractivity contribution is -0.0817. The van der Waals surface area contributed by atoms with Crippen molar-refractivity contribution in [2.75, 3.05) is 68.2 Å². The third-order valence-corrected chi connectivity index (χ3v) is 5.85. The molecule has 2 aliphatic heterocycles. The second-order valence-corrected chi connectivity index (χ2v) is 7.93. The molecule has 0 aliphatic carbocycles. The van der Waals surface area contributed by atoms with E-state index < -0.39 is 0 Å². The van der Waals surface area contributed by atoms with Gasteiger partial charge in [0.15, 0.2) is 17.5 Å². The predicted octanol–water partition coefficient (Wildman–Crippen LogP) is 2.38. The molecule has 8 nitrogen and oxygen atoms in total. The average molecular weight is 548 g/mol. The Hall–Kier alpha value is -1.30. The summed E-state index contributed by atoms with van der Waals surface area (Å²) in [5.41, 5.74) is 1.15. The molecule has 3 rings (SSSR count). The molecule has 0 saturated carbocycles. The van der Waals surface area contributed by atoms with Gasteiger partial charge in [0.2, 0.25) is 0 Å². The van der Waals surface area contributed by atoms with E-state index in [-0.39, 0.29) is 42.2 Å². The van der Waals surface area contributed by atoms with Crippen LogP contribution in [0.15, 0.2) is 23.2 Å². The molecule has 0 aromatic heterocycles. The Balaban J connectivity index is 0.00000341. The molecule has 31 heavy (non-hydrogen) atoms. The molecule has 3 atom stereocenters. The molecule has 1 aromatic carbocycles. The van der Waals surface area contributed by atoms with Gasteiger partial charge in [-0.05, 0) is 44.6 Å². The number of rotatable bonds is 7. The Morgan fingerprint density at radius 2 is 1.94 bits per heavy atom. The Morgan fingerprint density at radius 3 is 2.55 bits per heavy atom. The van der Waals surface area contributed by atoms with Crippen LogP contribution in [-0.4, -0.2) is 96.2 Å². The highest BCUT2D eigenvalue weighted by molar-refractivity contribution is 14.0. The van der Waals surface area contributed by atoms with Crippen molar-refractivity contribution in [1.82, 2.24) is 15.1 Å². The lowest BCUT2D eigenvalue weighted by atomic mass is 10.0. The molecule has 176 valence electrons. The number of nitrogens with one attached hydrogen (secondary N) is 1. The van der Waals surface area contributed by atoms with E-state index in [1.54, 1.807) is 14.2 Å². The van der Waals surface area contributed by atoms with Gasteiger partial charge in [0.05, 0.1) is 33.0 Å². The molecule has 0 spiro atoms. The van der Waals surface area contributed by atoms with Crippen molar-refractivity contribution in [2.45, 2.75) is 31.1 Å². The van der Waals surface area contributed by atoms with Crippen molar-refractivity contribution in [2.24, 2.45) is 4.99 Å². The van der Waals surface area contributed by atoms with E-state index in [4.69, 9.17) is 18.9 Å². The highest BCUT2D eigenvalue weighted by Gasteiger charge is 2.32. The van der Waals surface area contributed by atoms with Gasteiger partial charge in [-0.1, -0.05) is 6.07 Å². The van der Waals surface area contributed by atoms with Crippen LogP contribution in [0.5, 0.6) is 11.5 Å². The fourth-order valence-electron chi connectivity index (χ4n) is 4.17. The van der Waals surface area contributed by atoms with E-state index in [9.17, 15) is 0 Å². The van der Waals surface area contributed by atoms with Gasteiger partial charge in [0.25, 0.3) is 0 Å². The summed E-state index contributed by atoms with van der Waals surface area (Å²) in [6, 6.07) is 6.22. The van der Waals surface area contributed by atoms with Crippen molar-refractivity contribution < 1.29 is 18.9 Å². The summed E-state index contributed by atoms with van der Waals surface area (Å²) in [5, 5.41) is 3.56. The largest absolute Gasteiger partial charge is 0.493 e. The molecule has 0 bridgehead atoms. The first-order chi connectivity index (χ1) is 14.6. The van der Waals surface area contributed by atoms with Crippen LogP contribution in [0.1, 0.15) is 24.4 Å². The van der Waals surface area contributed by atoms with E-state index in [0.717, 1.165) is 62.1 Å². The summed E-state index contributed by atoms with van der Waals surface area (Å²) >= 11 is 0. The maximum atomic E-state index is 5.98. The molecular formula is C22H37IN4O4. The Morgan fingerprint density at radius 1 is 1.19 bits per heavy atom. The van der Waals surface area contributed by atoms with Crippen LogP contribution in [0.3, 0.4) is 0 Å². The number of methoxy groups -OCH3 is 2. The molecule has 2 aliphatic rings. The van der Waals surface area contributed by atoms with E-state index >= 15 is 0 Å². The predicted molar refractivity (Wildman–Crippen MR) is 133 cm³/mol. The fourth-order valence-corrected chi connectivity index (χ4v) is 4.17. The normalized spacial score (nSPS) is 22.8. The molecule has 1 aromatic rings. The highest BCUT2D eigenvalue weighted by Crippen LogP contribution is 2.31. The van der Waals surface area contributed by atoms with E-state index in [2.05, 4.69) is 40.3 Å². The second kappa shape index (κ2) is 12.7. The SMILES string of the molecule is CN=C(NCC(c1ccc(OC)c(OC)c1)N(C)C)N1CCOC(C2CCCO2)C1.I. The lowest BCUT2D eigenvalue weighted by Crippen LogP contribution is -2.54. The minimum atomic E-state index is 0. The summed E-state index contributed by atoms with van der Waals surface area (Å²) in [6.45, 7) is 3.88. The van der Waals surface area contributed by atoms with Crippen LogP contribution in [-0.2, 0) is 9.47 Å². The summed E-state index contributed by atoms with van der Waals surface area (Å²) in [6.07, 6.45) is 2.50. The van der Waals surface area contributed by atoms with Gasteiger partial charge in [0, 0.05) is 33.3 Å². The number of hydrogen-bond acceptors (Lipinski definition) is 6. The van der Waals surface area contributed by atoms with Gasteiger partial charge >= 0.3 is 0 Å². The Bertz CT molecular complexity index is 713. The zero-order valence-corrected chi connectivity index (χ0v) is 21.6. The van der Waals surface area contributed by atoms with Gasteiger partial charge in [0.1, 0.15) is 6.10 Å². The first-order valence-electron chi connectivity index (χ1n) is 10.6. The number of guanidine groups is 1. The van der Waals surface area contributed by atoms with Crippen molar-refractivity contribution in [3.05, 3.63) is 23.8 Å². The number of halogens is 1. The molecule has 0 amide bonds. The van der Waals surface area contributed by atoms with E-state index in [0.29, 0.717) is 6.61 Å².